The molecule has 0 amide bonds. The molecule has 0 aromatic carbocycles. The summed E-state index contributed by atoms with van der Waals surface area (Å²) in [5.74, 6) is -39.3. The lowest BCUT2D eigenvalue weighted by Gasteiger charge is -2.40. The van der Waals surface area contributed by atoms with Crippen LogP contribution in [0, 0.1) is 23.3 Å². The summed E-state index contributed by atoms with van der Waals surface area (Å²) in [5, 5.41) is 8.69. The molecule has 1 aliphatic rings. The van der Waals surface area contributed by atoms with Gasteiger partial charge < -0.3 is 4.90 Å². The molecule has 0 unspecified atom stereocenters. The Kier molecular flexibility index (Phi) is 6.91. The Morgan fingerprint density at radius 1 is 0.724 bits per heavy atom. The molecule has 0 N–H and O–H groups in total. The van der Waals surface area contributed by atoms with Crippen molar-refractivity contribution in [1.29, 1.82) is 5.26 Å². The smallest absolute Gasteiger partial charge is 0.310 e. The highest BCUT2D eigenvalue weighted by Crippen LogP contribution is 2.61. The van der Waals surface area contributed by atoms with Crippen LogP contribution in [-0.2, 0) is 0 Å². The van der Waals surface area contributed by atoms with E-state index in [9.17, 15) is 57.1 Å². The van der Waals surface area contributed by atoms with Gasteiger partial charge in [-0.1, -0.05) is 22.6 Å². The van der Waals surface area contributed by atoms with Crippen LogP contribution in [-0.4, -0.2) is 58.2 Å². The van der Waals surface area contributed by atoms with Crippen LogP contribution in [0.15, 0.2) is 0 Å². The van der Waals surface area contributed by atoms with E-state index < -0.39 is 60.6 Å². The number of nitrogens with zero attached hydrogens (tertiary/aromatic N) is 2. The highest BCUT2D eigenvalue weighted by Gasteiger charge is 2.90. The summed E-state index contributed by atoms with van der Waals surface area (Å²) < 4.78 is 170. The van der Waals surface area contributed by atoms with Crippen LogP contribution < -0.4 is 0 Å². The topological polar surface area (TPSA) is 27.0 Å². The van der Waals surface area contributed by atoms with Gasteiger partial charge in [0.25, 0.3) is 0 Å². The summed E-state index contributed by atoms with van der Waals surface area (Å²) in [6.07, 6.45) is -8.18. The minimum Gasteiger partial charge on any atom is -0.310 e. The molecule has 0 spiro atoms. The van der Waals surface area contributed by atoms with E-state index in [0.29, 0.717) is 0 Å². The first-order valence-electron chi connectivity index (χ1n) is 7.37. The third-order valence-corrected chi connectivity index (χ3v) is 5.56. The molecule has 16 heteroatoms. The Labute approximate surface area is 168 Å². The predicted molar refractivity (Wildman–Crippen MR) is 78.5 cm³/mol. The zero-order chi connectivity index (χ0) is 23.3. The van der Waals surface area contributed by atoms with Gasteiger partial charge in [-0.05, 0) is 11.8 Å². The molecule has 2 nitrogen and oxygen atoms in total. The van der Waals surface area contributed by atoms with Crippen molar-refractivity contribution in [2.75, 3.05) is 17.5 Å². The number of hydrogen-bond donors (Lipinski definition) is 0. The lowest BCUT2D eigenvalue weighted by Crippen LogP contribution is -2.70. The van der Waals surface area contributed by atoms with Gasteiger partial charge in [-0.15, -0.1) is 0 Å². The van der Waals surface area contributed by atoms with Crippen molar-refractivity contribution in [1.82, 2.24) is 4.90 Å². The summed E-state index contributed by atoms with van der Waals surface area (Å²) in [5.41, 5.74) is 0. The molecule has 1 heterocycles. The highest BCUT2D eigenvalue weighted by atomic mass is 127. The minimum absolute atomic E-state index is 0.0407. The molecule has 1 saturated heterocycles. The average molecular weight is 568 g/mol. The number of halogens is 14. The molecule has 2 atom stereocenters. The van der Waals surface area contributed by atoms with E-state index in [1.165, 1.54) is 6.19 Å². The highest BCUT2D eigenvalue weighted by molar-refractivity contribution is 14.1. The second-order valence-corrected chi connectivity index (χ2v) is 7.26. The summed E-state index contributed by atoms with van der Waals surface area (Å²) in [4.78, 5) is 0.798. The molecule has 29 heavy (non-hydrogen) atoms. The van der Waals surface area contributed by atoms with Crippen molar-refractivity contribution in [2.45, 2.75) is 42.2 Å². The van der Waals surface area contributed by atoms with E-state index in [2.05, 4.69) is 0 Å². The molecule has 0 bridgehead atoms. The van der Waals surface area contributed by atoms with Gasteiger partial charge >= 0.3 is 35.8 Å². The van der Waals surface area contributed by atoms with Gasteiger partial charge in [0.15, 0.2) is 6.19 Å². The summed E-state index contributed by atoms with van der Waals surface area (Å²) in [7, 11) is 0. The number of likely N-dealkylation sites (tertiary alicyclic amines) is 1. The maximum Gasteiger partial charge on any atom is 0.460 e. The molecular formula is C13H10F13IN2. The van der Waals surface area contributed by atoms with Crippen molar-refractivity contribution in [3.05, 3.63) is 0 Å². The SMILES string of the molecule is N#CN1C[C@H](CC(F)(F)C(F)(F)C(F)(F)C(F)(F)C(F)(F)C(F)(F)F)[C@@H](CI)C1. The second kappa shape index (κ2) is 7.66. The van der Waals surface area contributed by atoms with Crippen LogP contribution in [0.5, 0.6) is 0 Å². The van der Waals surface area contributed by atoms with Crippen LogP contribution in [0.25, 0.3) is 0 Å². The Hall–Kier alpha value is -0.890. The van der Waals surface area contributed by atoms with E-state index in [1.54, 1.807) is 22.6 Å². The standard InChI is InChI=1S/C13H10F13IN2/c14-8(15,1-6-3-29(5-28)4-7(6)2-27)9(16,17)10(18,19)11(20,21)12(22,23)13(24,25)26/h6-7H,1-4H2/t6-,7-/m0/s1. The predicted octanol–water partition coefficient (Wildman–Crippen LogP) is 5.58. The lowest BCUT2D eigenvalue weighted by molar-refractivity contribution is -0.440. The van der Waals surface area contributed by atoms with E-state index in [0.717, 1.165) is 4.90 Å². The van der Waals surface area contributed by atoms with Crippen LogP contribution >= 0.6 is 22.6 Å². The molecule has 0 aromatic heterocycles. The Bertz CT molecular complexity index is 640. The molecule has 0 aliphatic carbocycles. The maximum absolute atomic E-state index is 13.9. The monoisotopic (exact) mass is 568 g/mol. The first kappa shape index (κ1) is 26.1. The van der Waals surface area contributed by atoms with Crippen molar-refractivity contribution in [3.8, 4) is 6.19 Å². The third-order valence-electron chi connectivity index (χ3n) is 4.43. The third kappa shape index (κ3) is 4.03. The van der Waals surface area contributed by atoms with Crippen molar-refractivity contribution < 1.29 is 57.1 Å². The molecule has 170 valence electrons. The summed E-state index contributed by atoms with van der Waals surface area (Å²) in [6, 6.07) is 0. The van der Waals surface area contributed by atoms with Crippen molar-refractivity contribution >= 4 is 22.6 Å². The molecule has 1 fully saturated rings. The first-order valence-corrected chi connectivity index (χ1v) is 8.90. The van der Waals surface area contributed by atoms with Crippen LogP contribution in [0.2, 0.25) is 0 Å². The fourth-order valence-corrected chi connectivity index (χ4v) is 3.68. The first-order chi connectivity index (χ1) is 12.7. The van der Waals surface area contributed by atoms with Crippen molar-refractivity contribution in [2.24, 2.45) is 11.8 Å². The van der Waals surface area contributed by atoms with Crippen LogP contribution in [0.4, 0.5) is 57.1 Å². The van der Waals surface area contributed by atoms with Crippen LogP contribution in [0.3, 0.4) is 0 Å². The van der Waals surface area contributed by atoms with E-state index in [-0.39, 0.29) is 11.0 Å². The van der Waals surface area contributed by atoms with Crippen LogP contribution in [0.1, 0.15) is 6.42 Å². The number of alkyl halides is 14. The van der Waals surface area contributed by atoms with Gasteiger partial charge in [-0.2, -0.15) is 62.3 Å². The minimum atomic E-state index is -7.89. The molecular weight excluding hydrogens is 558 g/mol. The normalized spacial score (nSPS) is 22.7. The maximum atomic E-state index is 13.9. The molecule has 1 rings (SSSR count). The van der Waals surface area contributed by atoms with Gasteiger partial charge in [0.05, 0.1) is 0 Å². The lowest BCUT2D eigenvalue weighted by atomic mass is 9.85. The summed E-state index contributed by atoms with van der Waals surface area (Å²) >= 11 is 1.59. The fraction of sp³-hybridized carbons (Fsp3) is 0.923. The van der Waals surface area contributed by atoms with Gasteiger partial charge in [0.1, 0.15) is 0 Å². The largest absolute Gasteiger partial charge is 0.460 e. The van der Waals surface area contributed by atoms with E-state index in [1.807, 2.05) is 0 Å². The Morgan fingerprint density at radius 3 is 1.52 bits per heavy atom. The number of nitriles is 1. The second-order valence-electron chi connectivity index (χ2n) is 6.38. The average Bonchev–Trinajstić information content (AvgIpc) is 2.94. The van der Waals surface area contributed by atoms with Gasteiger partial charge in [-0.25, -0.2) is 0 Å². The van der Waals surface area contributed by atoms with E-state index >= 15 is 0 Å². The Balaban J connectivity index is 3.31. The Morgan fingerprint density at radius 2 is 1.14 bits per heavy atom. The number of rotatable bonds is 7. The zero-order valence-electron chi connectivity index (χ0n) is 13.7. The molecule has 0 radical (unpaired) electrons. The van der Waals surface area contributed by atoms with Gasteiger partial charge in [0.2, 0.25) is 0 Å². The van der Waals surface area contributed by atoms with E-state index in [4.69, 9.17) is 5.26 Å². The number of hydrogen-bond acceptors (Lipinski definition) is 2. The molecule has 0 saturated carbocycles. The molecule has 1 aliphatic heterocycles. The van der Waals surface area contributed by atoms with Crippen molar-refractivity contribution in [3.63, 3.8) is 0 Å². The zero-order valence-corrected chi connectivity index (χ0v) is 15.8. The molecule has 0 aromatic rings. The van der Waals surface area contributed by atoms with Gasteiger partial charge in [0, 0.05) is 23.9 Å². The fourth-order valence-electron chi connectivity index (χ4n) is 2.69. The van der Waals surface area contributed by atoms with Gasteiger partial charge in [-0.3, -0.25) is 0 Å². The quantitative estimate of drug-likeness (QED) is 0.174. The summed E-state index contributed by atoms with van der Waals surface area (Å²) in [6.45, 7) is -0.888.